The van der Waals surface area contributed by atoms with E-state index in [1.807, 2.05) is 50.2 Å². The average Bonchev–Trinajstić information content (AvgIpc) is 3.03. The largest absolute Gasteiger partial charge is 0.508 e. The maximum Gasteiger partial charge on any atom is 0.151 e. The zero-order valence-electron chi connectivity index (χ0n) is 25.2. The molecular formula is C36H30N6O3. The van der Waals surface area contributed by atoms with E-state index < -0.39 is 0 Å². The summed E-state index contributed by atoms with van der Waals surface area (Å²) in [7, 11) is 1.56. The van der Waals surface area contributed by atoms with Gasteiger partial charge in [-0.15, -0.1) is 10.2 Å². The van der Waals surface area contributed by atoms with E-state index >= 15 is 0 Å². The highest BCUT2D eigenvalue weighted by molar-refractivity contribution is 5.95. The van der Waals surface area contributed by atoms with Crippen molar-refractivity contribution in [3.05, 3.63) is 114 Å². The summed E-state index contributed by atoms with van der Waals surface area (Å²) in [4.78, 5) is 0. The van der Waals surface area contributed by atoms with Crippen molar-refractivity contribution >= 4 is 55.7 Å². The highest BCUT2D eigenvalue weighted by Gasteiger charge is 2.13. The van der Waals surface area contributed by atoms with E-state index in [9.17, 15) is 10.2 Å². The predicted molar refractivity (Wildman–Crippen MR) is 177 cm³/mol. The van der Waals surface area contributed by atoms with Crippen LogP contribution in [0.1, 0.15) is 16.7 Å². The minimum atomic E-state index is 0.0161. The zero-order chi connectivity index (χ0) is 31.5. The molecule has 0 aliphatic heterocycles. The minimum Gasteiger partial charge on any atom is -0.508 e. The number of benzene rings is 6. The minimum absolute atomic E-state index is 0.0161. The molecule has 45 heavy (non-hydrogen) atoms. The Labute approximate surface area is 259 Å². The molecular weight excluding hydrogens is 564 g/mol. The second-order valence-corrected chi connectivity index (χ2v) is 10.8. The quantitative estimate of drug-likeness (QED) is 0.179. The van der Waals surface area contributed by atoms with Crippen molar-refractivity contribution in [2.24, 2.45) is 30.7 Å². The predicted octanol–water partition coefficient (Wildman–Crippen LogP) is 11.6. The monoisotopic (exact) mass is 594 g/mol. The third-order valence-corrected chi connectivity index (χ3v) is 7.40. The van der Waals surface area contributed by atoms with Gasteiger partial charge in [-0.2, -0.15) is 20.5 Å². The number of ether oxygens (including phenoxy) is 1. The van der Waals surface area contributed by atoms with Gasteiger partial charge in [0.25, 0.3) is 0 Å². The van der Waals surface area contributed by atoms with Crippen molar-refractivity contribution in [3.8, 4) is 17.2 Å². The summed E-state index contributed by atoms with van der Waals surface area (Å²) in [5.41, 5.74) is 6.29. The van der Waals surface area contributed by atoms with Crippen LogP contribution >= 0.6 is 0 Å². The first-order valence-electron chi connectivity index (χ1n) is 14.3. The Hall–Kier alpha value is -5.96. The van der Waals surface area contributed by atoms with Crippen LogP contribution in [0.15, 0.2) is 128 Å². The van der Waals surface area contributed by atoms with Crippen molar-refractivity contribution in [1.82, 2.24) is 0 Å². The van der Waals surface area contributed by atoms with E-state index in [1.54, 1.807) is 49.6 Å². The summed E-state index contributed by atoms with van der Waals surface area (Å²) < 4.78 is 5.61. The fourth-order valence-electron chi connectivity index (χ4n) is 4.97. The van der Waals surface area contributed by atoms with Crippen LogP contribution in [0.2, 0.25) is 0 Å². The molecule has 0 saturated heterocycles. The molecule has 6 aromatic rings. The van der Waals surface area contributed by atoms with Gasteiger partial charge in [-0.05, 0) is 115 Å². The van der Waals surface area contributed by atoms with Gasteiger partial charge in [0.15, 0.2) is 5.75 Å². The van der Waals surface area contributed by atoms with Crippen molar-refractivity contribution < 1.29 is 14.9 Å². The molecule has 0 radical (unpaired) electrons. The van der Waals surface area contributed by atoms with E-state index in [-0.39, 0.29) is 11.5 Å². The molecule has 6 rings (SSSR count). The number of nitrogens with zero attached hydrogens (tertiary/aromatic N) is 6. The molecule has 0 aliphatic rings. The molecule has 0 bridgehead atoms. The van der Waals surface area contributed by atoms with E-state index in [1.165, 1.54) is 5.56 Å². The number of aryl methyl sites for hydroxylation is 3. The van der Waals surface area contributed by atoms with Crippen molar-refractivity contribution in [1.29, 1.82) is 0 Å². The Balaban J connectivity index is 1.25. The Kier molecular flexibility index (Phi) is 7.99. The smallest absolute Gasteiger partial charge is 0.151 e. The fraction of sp³-hybridized carbons (Fsp3) is 0.111. The van der Waals surface area contributed by atoms with Gasteiger partial charge < -0.3 is 14.9 Å². The number of rotatable bonds is 7. The lowest BCUT2D eigenvalue weighted by Gasteiger charge is -2.09. The van der Waals surface area contributed by atoms with Gasteiger partial charge in [0.2, 0.25) is 0 Å². The van der Waals surface area contributed by atoms with Gasteiger partial charge >= 0.3 is 0 Å². The van der Waals surface area contributed by atoms with E-state index in [0.717, 1.165) is 33.0 Å². The topological polar surface area (TPSA) is 124 Å². The van der Waals surface area contributed by atoms with Crippen LogP contribution in [0.25, 0.3) is 21.5 Å². The lowest BCUT2D eigenvalue weighted by Crippen LogP contribution is -1.85. The van der Waals surface area contributed by atoms with Gasteiger partial charge in [-0.1, -0.05) is 29.8 Å². The van der Waals surface area contributed by atoms with E-state index in [4.69, 9.17) is 4.74 Å². The van der Waals surface area contributed by atoms with Crippen LogP contribution in [0.4, 0.5) is 34.1 Å². The molecule has 9 heteroatoms. The van der Waals surface area contributed by atoms with E-state index in [2.05, 4.69) is 55.8 Å². The van der Waals surface area contributed by atoms with Gasteiger partial charge in [-0.25, -0.2) is 0 Å². The third-order valence-electron chi connectivity index (χ3n) is 7.40. The third kappa shape index (κ3) is 6.37. The van der Waals surface area contributed by atoms with Crippen LogP contribution in [0.3, 0.4) is 0 Å². The molecule has 0 saturated carbocycles. The first-order chi connectivity index (χ1) is 21.8. The summed E-state index contributed by atoms with van der Waals surface area (Å²) in [6.45, 7) is 5.86. The summed E-state index contributed by atoms with van der Waals surface area (Å²) in [6, 6.07) is 29.7. The van der Waals surface area contributed by atoms with Crippen molar-refractivity contribution in [2.75, 3.05) is 7.11 Å². The van der Waals surface area contributed by atoms with Gasteiger partial charge in [0.05, 0.1) is 29.9 Å². The average molecular weight is 595 g/mol. The first-order valence-corrected chi connectivity index (χ1v) is 14.3. The second-order valence-electron chi connectivity index (χ2n) is 10.8. The maximum atomic E-state index is 11.1. The van der Waals surface area contributed by atoms with Gasteiger partial charge in [-0.3, -0.25) is 0 Å². The highest BCUT2D eigenvalue weighted by atomic mass is 16.5. The van der Waals surface area contributed by atoms with Crippen LogP contribution < -0.4 is 4.74 Å². The Morgan fingerprint density at radius 1 is 0.511 bits per heavy atom. The Morgan fingerprint density at radius 2 is 1.13 bits per heavy atom. The summed E-state index contributed by atoms with van der Waals surface area (Å²) >= 11 is 0. The normalized spacial score (nSPS) is 11.9. The summed E-state index contributed by atoms with van der Waals surface area (Å²) in [5.74, 6) is 0.662. The lowest BCUT2D eigenvalue weighted by atomic mass is 10.0. The molecule has 9 nitrogen and oxygen atoms in total. The molecule has 0 atom stereocenters. The molecule has 0 aliphatic carbocycles. The molecule has 0 heterocycles. The van der Waals surface area contributed by atoms with Crippen LogP contribution in [-0.2, 0) is 0 Å². The van der Waals surface area contributed by atoms with Gasteiger partial charge in [0.1, 0.15) is 22.9 Å². The number of hydrogen-bond donors (Lipinski definition) is 2. The van der Waals surface area contributed by atoms with E-state index in [0.29, 0.717) is 39.6 Å². The Morgan fingerprint density at radius 3 is 1.91 bits per heavy atom. The summed E-state index contributed by atoms with van der Waals surface area (Å²) in [5, 5.41) is 50.5. The van der Waals surface area contributed by atoms with Crippen LogP contribution in [0, 0.1) is 20.8 Å². The second kappa shape index (κ2) is 12.3. The standard InChI is InChI=1S/C36H30N6O3/c1-21-5-6-25-18-28(8-7-24(25)15-21)39-40-32-20-34(45-4)33(17-22(32)2)41-42-35-23(3)16-26-19-29(11-14-31(26)36(35)44)38-37-27-9-12-30(43)13-10-27/h5-20,43-44H,1-4H3. The van der Waals surface area contributed by atoms with Crippen molar-refractivity contribution in [3.63, 3.8) is 0 Å². The summed E-state index contributed by atoms with van der Waals surface area (Å²) in [6.07, 6.45) is 0. The molecule has 0 fully saturated rings. The molecule has 2 N–H and O–H groups in total. The SMILES string of the molecule is COc1cc(N=Nc2ccc3cc(C)ccc3c2)c(C)cc1N=Nc1c(C)cc2cc(N=Nc3ccc(O)cc3)ccc2c1O. The number of aromatic hydroxyl groups is 2. The zero-order valence-corrected chi connectivity index (χ0v) is 25.2. The fourth-order valence-corrected chi connectivity index (χ4v) is 4.97. The lowest BCUT2D eigenvalue weighted by molar-refractivity contribution is 0.416. The Bertz CT molecular complexity index is 2150. The molecule has 0 aromatic heterocycles. The highest BCUT2D eigenvalue weighted by Crippen LogP contribution is 2.42. The number of methoxy groups -OCH3 is 1. The van der Waals surface area contributed by atoms with Crippen molar-refractivity contribution in [2.45, 2.75) is 20.8 Å². The molecule has 0 spiro atoms. The molecule has 222 valence electrons. The number of azo groups is 3. The van der Waals surface area contributed by atoms with Crippen LogP contribution in [-0.4, -0.2) is 17.3 Å². The molecule has 6 aromatic carbocycles. The number of phenolic OH excluding ortho intramolecular Hbond substituents is 2. The van der Waals surface area contributed by atoms with Gasteiger partial charge in [0, 0.05) is 11.5 Å². The van der Waals surface area contributed by atoms with Crippen LogP contribution in [0.5, 0.6) is 17.2 Å². The number of hydrogen-bond acceptors (Lipinski definition) is 9. The maximum absolute atomic E-state index is 11.1. The number of phenols is 2. The molecule has 0 amide bonds. The molecule has 0 unspecified atom stereocenters. The number of fused-ring (bicyclic) bond motifs is 2. The first kappa shape index (κ1) is 29.1.